The van der Waals surface area contributed by atoms with Crippen molar-refractivity contribution < 1.29 is 22.7 Å². The predicted octanol–water partition coefficient (Wildman–Crippen LogP) is 2.06. The second-order valence-electron chi connectivity index (χ2n) is 7.63. The minimum Gasteiger partial charge on any atom is -0.495 e. The number of carbonyl (C=O) groups excluding carboxylic acids is 1. The lowest BCUT2D eigenvalue weighted by atomic mass is 10.1. The number of nitrogens with one attached hydrogen (secondary N) is 2. The molecule has 1 saturated heterocycles. The van der Waals surface area contributed by atoms with Gasteiger partial charge >= 0.3 is 6.03 Å². The highest BCUT2D eigenvalue weighted by atomic mass is 32.2. The second-order valence-corrected chi connectivity index (χ2v) is 9.77. The van der Waals surface area contributed by atoms with Crippen LogP contribution in [0.3, 0.4) is 0 Å². The Hall–Kier alpha value is -2.92. The van der Waals surface area contributed by atoms with E-state index in [1.165, 1.54) is 13.4 Å². The fourth-order valence-electron chi connectivity index (χ4n) is 3.43. The van der Waals surface area contributed by atoms with E-state index >= 15 is 0 Å². The molecule has 3 rings (SSSR count). The van der Waals surface area contributed by atoms with E-state index in [1.54, 1.807) is 24.3 Å². The van der Waals surface area contributed by atoms with E-state index < -0.39 is 9.84 Å². The molecular formula is C21H29N5O5S. The number of carbonyl (C=O) groups is 1. The summed E-state index contributed by atoms with van der Waals surface area (Å²) in [6.07, 6.45) is 1.18. The fourth-order valence-corrected chi connectivity index (χ4v) is 4.12. The molecule has 0 saturated carbocycles. The maximum atomic E-state index is 11.9. The lowest BCUT2D eigenvalue weighted by molar-refractivity contribution is 0.0985. The number of morpholine rings is 1. The van der Waals surface area contributed by atoms with Crippen LogP contribution in [0, 0.1) is 0 Å². The molecule has 2 N–H and O–H groups in total. The van der Waals surface area contributed by atoms with Gasteiger partial charge in [0.25, 0.3) is 0 Å². The van der Waals surface area contributed by atoms with E-state index in [0.29, 0.717) is 60.6 Å². The van der Waals surface area contributed by atoms with Gasteiger partial charge in [-0.15, -0.1) is 0 Å². The number of ether oxygens (including phenoxy) is 2. The Morgan fingerprint density at radius 1 is 1.31 bits per heavy atom. The molecule has 2 amide bonds. The van der Waals surface area contributed by atoms with Crippen LogP contribution >= 0.6 is 0 Å². The lowest BCUT2D eigenvalue weighted by Gasteiger charge is -2.34. The molecule has 11 heteroatoms. The zero-order valence-electron chi connectivity index (χ0n) is 18.7. The number of urea groups is 1. The van der Waals surface area contributed by atoms with E-state index in [-0.39, 0.29) is 17.8 Å². The van der Waals surface area contributed by atoms with Crippen LogP contribution in [0.2, 0.25) is 0 Å². The highest BCUT2D eigenvalue weighted by Gasteiger charge is 2.23. The van der Waals surface area contributed by atoms with E-state index in [1.807, 2.05) is 13.8 Å². The molecule has 0 unspecified atom stereocenters. The monoisotopic (exact) mass is 463 g/mol. The predicted molar refractivity (Wildman–Crippen MR) is 123 cm³/mol. The van der Waals surface area contributed by atoms with Crippen molar-refractivity contribution in [2.24, 2.45) is 0 Å². The third-order valence-corrected chi connectivity index (χ3v) is 5.70. The molecule has 1 aliphatic rings. The highest BCUT2D eigenvalue weighted by molar-refractivity contribution is 7.89. The number of hydrogen-bond acceptors (Lipinski definition) is 8. The minimum atomic E-state index is -3.29. The van der Waals surface area contributed by atoms with Crippen LogP contribution in [-0.4, -0.2) is 70.1 Å². The first-order chi connectivity index (χ1) is 15.2. The molecule has 1 aromatic heterocycles. The van der Waals surface area contributed by atoms with Crippen LogP contribution < -0.4 is 20.3 Å². The Kier molecular flexibility index (Phi) is 7.52. The molecule has 0 aliphatic carbocycles. The smallest absolute Gasteiger partial charge is 0.319 e. The van der Waals surface area contributed by atoms with Crippen molar-refractivity contribution in [1.29, 1.82) is 0 Å². The summed E-state index contributed by atoms with van der Waals surface area (Å²) in [7, 11) is -1.78. The van der Waals surface area contributed by atoms with Gasteiger partial charge < -0.3 is 25.0 Å². The summed E-state index contributed by atoms with van der Waals surface area (Å²) in [6, 6.07) is 6.65. The van der Waals surface area contributed by atoms with Crippen LogP contribution in [0.5, 0.6) is 5.75 Å². The SMILES string of the molecule is CCNC(=O)Nc1ccc(-c2nc(CS(C)(=O)=O)cc(N3CCOC[C@@H]3C)n2)cc1OC. The molecule has 0 radical (unpaired) electrons. The molecule has 0 bridgehead atoms. The Labute approximate surface area is 188 Å². The van der Waals surface area contributed by atoms with Crippen LogP contribution in [-0.2, 0) is 20.3 Å². The minimum absolute atomic E-state index is 0.0933. The first-order valence-electron chi connectivity index (χ1n) is 10.3. The third-order valence-electron chi connectivity index (χ3n) is 4.88. The Morgan fingerprint density at radius 2 is 2.09 bits per heavy atom. The van der Waals surface area contributed by atoms with Crippen LogP contribution in [0.4, 0.5) is 16.3 Å². The van der Waals surface area contributed by atoms with E-state index in [4.69, 9.17) is 14.5 Å². The third kappa shape index (κ3) is 6.07. The van der Waals surface area contributed by atoms with Crippen LogP contribution in [0.1, 0.15) is 19.5 Å². The number of methoxy groups -OCH3 is 1. The molecule has 0 spiro atoms. The molecule has 1 fully saturated rings. The maximum absolute atomic E-state index is 11.9. The molecule has 1 aromatic carbocycles. The maximum Gasteiger partial charge on any atom is 0.319 e. The molecule has 1 atom stereocenters. The topological polar surface area (TPSA) is 123 Å². The van der Waals surface area contributed by atoms with Crippen LogP contribution in [0.25, 0.3) is 11.4 Å². The van der Waals surface area contributed by atoms with Gasteiger partial charge in [0.05, 0.1) is 43.5 Å². The number of nitrogens with zero attached hydrogens (tertiary/aromatic N) is 3. The van der Waals surface area contributed by atoms with Gasteiger partial charge in [-0.1, -0.05) is 0 Å². The Balaban J connectivity index is 2.02. The average molecular weight is 464 g/mol. The first-order valence-corrected chi connectivity index (χ1v) is 12.4. The van der Waals surface area contributed by atoms with Crippen molar-refractivity contribution in [1.82, 2.24) is 15.3 Å². The van der Waals surface area contributed by atoms with E-state index in [9.17, 15) is 13.2 Å². The van der Waals surface area contributed by atoms with Gasteiger partial charge in [0.15, 0.2) is 15.7 Å². The van der Waals surface area contributed by atoms with Gasteiger partial charge in [-0.05, 0) is 32.0 Å². The zero-order valence-corrected chi connectivity index (χ0v) is 19.5. The summed E-state index contributed by atoms with van der Waals surface area (Å²) in [4.78, 5) is 23.2. The lowest BCUT2D eigenvalue weighted by Crippen LogP contribution is -2.44. The molecule has 1 aliphatic heterocycles. The van der Waals surface area contributed by atoms with Crippen molar-refractivity contribution in [2.45, 2.75) is 25.6 Å². The molecule has 2 heterocycles. The summed E-state index contributed by atoms with van der Waals surface area (Å²) in [5.74, 6) is 1.27. The average Bonchev–Trinajstić information content (AvgIpc) is 2.73. The normalized spacial score (nSPS) is 16.5. The Bertz CT molecular complexity index is 1080. The summed E-state index contributed by atoms with van der Waals surface area (Å²) < 4.78 is 34.8. The summed E-state index contributed by atoms with van der Waals surface area (Å²) in [5.41, 5.74) is 1.55. The number of benzene rings is 1. The number of hydrogen-bond donors (Lipinski definition) is 2. The number of amides is 2. The van der Waals surface area contributed by atoms with Gasteiger partial charge in [0.2, 0.25) is 0 Å². The summed E-state index contributed by atoms with van der Waals surface area (Å²) in [6.45, 7) is 6.13. The van der Waals surface area contributed by atoms with Gasteiger partial charge in [0, 0.05) is 31.0 Å². The first kappa shape index (κ1) is 23.7. The highest BCUT2D eigenvalue weighted by Crippen LogP contribution is 2.31. The van der Waals surface area contributed by atoms with Gasteiger partial charge in [-0.2, -0.15) is 0 Å². The molecule has 174 valence electrons. The largest absolute Gasteiger partial charge is 0.495 e. The van der Waals surface area contributed by atoms with Gasteiger partial charge in [-0.3, -0.25) is 0 Å². The van der Waals surface area contributed by atoms with Crippen molar-refractivity contribution in [3.8, 4) is 17.1 Å². The number of aromatic nitrogens is 2. The second kappa shape index (κ2) is 10.1. The standard InChI is InChI=1S/C21H29N5O5S/c1-5-22-21(27)24-17-7-6-15(10-18(17)30-3)20-23-16(13-32(4,28)29)11-19(25-20)26-8-9-31-12-14(26)2/h6-7,10-11,14H,5,8-9,12-13H2,1-4H3,(H2,22,24,27)/t14-/m0/s1. The number of rotatable bonds is 7. The van der Waals surface area contributed by atoms with Crippen molar-refractivity contribution in [2.75, 3.05) is 49.9 Å². The summed E-state index contributed by atoms with van der Waals surface area (Å²) in [5, 5.41) is 5.40. The Morgan fingerprint density at radius 3 is 2.75 bits per heavy atom. The molecular weight excluding hydrogens is 434 g/mol. The fraction of sp³-hybridized carbons (Fsp3) is 0.476. The van der Waals surface area contributed by atoms with Crippen molar-refractivity contribution in [3.05, 3.63) is 30.0 Å². The van der Waals surface area contributed by atoms with Crippen molar-refractivity contribution in [3.63, 3.8) is 0 Å². The molecule has 32 heavy (non-hydrogen) atoms. The number of anilines is 2. The van der Waals surface area contributed by atoms with E-state index in [2.05, 4.69) is 20.5 Å². The molecule has 2 aromatic rings. The summed E-state index contributed by atoms with van der Waals surface area (Å²) >= 11 is 0. The number of sulfone groups is 1. The molecule has 10 nitrogen and oxygen atoms in total. The quantitative estimate of drug-likeness (QED) is 0.640. The van der Waals surface area contributed by atoms with E-state index in [0.717, 1.165) is 0 Å². The zero-order chi connectivity index (χ0) is 23.3. The van der Waals surface area contributed by atoms with Crippen LogP contribution in [0.15, 0.2) is 24.3 Å². The van der Waals surface area contributed by atoms with Gasteiger partial charge in [-0.25, -0.2) is 23.2 Å². The van der Waals surface area contributed by atoms with Gasteiger partial charge in [0.1, 0.15) is 11.6 Å². The van der Waals surface area contributed by atoms with Crippen molar-refractivity contribution >= 4 is 27.4 Å².